The van der Waals surface area contributed by atoms with Crippen LogP contribution in [0.15, 0.2) is 24.3 Å². The van der Waals surface area contributed by atoms with E-state index in [0.717, 1.165) is 22.9 Å². The first kappa shape index (κ1) is 12.7. The van der Waals surface area contributed by atoms with Crippen molar-refractivity contribution in [3.05, 3.63) is 40.5 Å². The van der Waals surface area contributed by atoms with E-state index < -0.39 is 0 Å². The number of pyridine rings is 1. The predicted molar refractivity (Wildman–Crippen MR) is 75.3 cm³/mol. The van der Waals surface area contributed by atoms with E-state index >= 15 is 0 Å². The Morgan fingerprint density at radius 2 is 2.00 bits per heavy atom. The molecule has 0 bridgehead atoms. The molecule has 17 heavy (non-hydrogen) atoms. The largest absolute Gasteiger partial charge is 0.236 e. The van der Waals surface area contributed by atoms with Gasteiger partial charge in [-0.1, -0.05) is 31.5 Å². The monoisotopic (exact) mass is 267 g/mol. The van der Waals surface area contributed by atoms with Gasteiger partial charge in [-0.3, -0.25) is 0 Å². The third-order valence-corrected chi connectivity index (χ3v) is 3.41. The molecule has 90 valence electrons. The normalized spacial score (nSPS) is 11.4. The highest BCUT2D eigenvalue weighted by molar-refractivity contribution is 6.30. The minimum Gasteiger partial charge on any atom is -0.236 e. The number of nitrogens with zero attached hydrogens (tertiary/aromatic N) is 1. The zero-order valence-corrected chi connectivity index (χ0v) is 11.5. The summed E-state index contributed by atoms with van der Waals surface area (Å²) in [6.07, 6.45) is 0.759. The third kappa shape index (κ3) is 2.72. The number of rotatable bonds is 3. The molecule has 0 saturated heterocycles. The van der Waals surface area contributed by atoms with E-state index in [-0.39, 0.29) is 0 Å². The molecule has 0 amide bonds. The van der Waals surface area contributed by atoms with Gasteiger partial charge in [0, 0.05) is 11.3 Å². The van der Waals surface area contributed by atoms with Crippen molar-refractivity contribution in [2.75, 3.05) is 5.88 Å². The molecular weight excluding hydrogens is 253 g/mol. The number of hydrogen-bond donors (Lipinski definition) is 0. The van der Waals surface area contributed by atoms with Crippen LogP contribution in [0.4, 0.5) is 0 Å². The highest BCUT2D eigenvalue weighted by Crippen LogP contribution is 2.24. The van der Waals surface area contributed by atoms with Crippen molar-refractivity contribution in [1.82, 2.24) is 4.98 Å². The van der Waals surface area contributed by atoms with E-state index in [0.29, 0.717) is 17.0 Å². The van der Waals surface area contributed by atoms with Crippen molar-refractivity contribution in [2.24, 2.45) is 0 Å². The third-order valence-electron chi connectivity index (χ3n) is 2.90. The molecule has 0 unspecified atom stereocenters. The number of hydrogen-bond acceptors (Lipinski definition) is 1. The molecule has 0 aliphatic carbocycles. The lowest BCUT2D eigenvalue weighted by atomic mass is 10.0. The van der Waals surface area contributed by atoms with E-state index in [1.54, 1.807) is 0 Å². The first-order valence-electron chi connectivity index (χ1n) is 5.77. The molecule has 0 atom stereocenters. The molecule has 0 spiro atoms. The smallest absolute Gasteiger partial charge is 0.133 e. The van der Waals surface area contributed by atoms with E-state index in [1.165, 1.54) is 5.56 Å². The Kier molecular flexibility index (Phi) is 3.90. The van der Waals surface area contributed by atoms with Gasteiger partial charge in [0.15, 0.2) is 0 Å². The molecule has 1 aromatic heterocycles. The minimum atomic E-state index is 0.520. The second-order valence-corrected chi connectivity index (χ2v) is 5.22. The van der Waals surface area contributed by atoms with Gasteiger partial charge in [-0.05, 0) is 41.7 Å². The summed E-state index contributed by atoms with van der Waals surface area (Å²) in [5.41, 5.74) is 3.28. The zero-order valence-electron chi connectivity index (χ0n) is 10.0. The summed E-state index contributed by atoms with van der Waals surface area (Å²) >= 11 is 11.9. The molecule has 0 aliphatic heterocycles. The van der Waals surface area contributed by atoms with Crippen molar-refractivity contribution >= 4 is 34.1 Å². The van der Waals surface area contributed by atoms with Crippen molar-refractivity contribution in [3.8, 4) is 0 Å². The SMILES string of the molecule is CC(C)c1ccc2nc(Cl)c(CCCl)cc2c1. The van der Waals surface area contributed by atoms with Crippen LogP contribution in [0.5, 0.6) is 0 Å². The Morgan fingerprint density at radius 1 is 1.24 bits per heavy atom. The lowest BCUT2D eigenvalue weighted by Gasteiger charge is -2.08. The van der Waals surface area contributed by atoms with Crippen LogP contribution < -0.4 is 0 Å². The van der Waals surface area contributed by atoms with Crippen LogP contribution in [0, 0.1) is 0 Å². The number of fused-ring (bicyclic) bond motifs is 1. The van der Waals surface area contributed by atoms with Gasteiger partial charge in [-0.2, -0.15) is 0 Å². The van der Waals surface area contributed by atoms with Gasteiger partial charge in [0.25, 0.3) is 0 Å². The molecule has 1 aromatic carbocycles. The standard InChI is InChI=1S/C14H15Cl2N/c1-9(2)10-3-4-13-12(7-10)8-11(5-6-15)14(16)17-13/h3-4,7-9H,5-6H2,1-2H3. The molecule has 0 N–H and O–H groups in total. The average Bonchev–Trinajstić information content (AvgIpc) is 2.29. The topological polar surface area (TPSA) is 12.9 Å². The lowest BCUT2D eigenvalue weighted by molar-refractivity contribution is 0.868. The van der Waals surface area contributed by atoms with Crippen LogP contribution >= 0.6 is 23.2 Å². The Balaban J connectivity index is 2.55. The highest BCUT2D eigenvalue weighted by Gasteiger charge is 2.06. The first-order chi connectivity index (χ1) is 8.11. The van der Waals surface area contributed by atoms with Crippen LogP contribution in [0.25, 0.3) is 10.9 Å². The Labute approximate surface area is 112 Å². The minimum absolute atomic E-state index is 0.520. The van der Waals surface area contributed by atoms with Crippen molar-refractivity contribution in [3.63, 3.8) is 0 Å². The molecule has 2 aromatic rings. The summed E-state index contributed by atoms with van der Waals surface area (Å²) in [6, 6.07) is 8.42. The maximum atomic E-state index is 6.11. The maximum Gasteiger partial charge on any atom is 0.133 e. The Morgan fingerprint density at radius 3 is 2.65 bits per heavy atom. The van der Waals surface area contributed by atoms with Gasteiger partial charge >= 0.3 is 0 Å². The lowest BCUT2D eigenvalue weighted by Crippen LogP contribution is -1.93. The molecular formula is C14H15Cl2N. The van der Waals surface area contributed by atoms with Gasteiger partial charge < -0.3 is 0 Å². The molecule has 1 heterocycles. The second-order valence-electron chi connectivity index (χ2n) is 4.48. The van der Waals surface area contributed by atoms with E-state index in [1.807, 2.05) is 6.07 Å². The summed E-state index contributed by atoms with van der Waals surface area (Å²) < 4.78 is 0. The fourth-order valence-electron chi connectivity index (χ4n) is 1.85. The van der Waals surface area contributed by atoms with Gasteiger partial charge in [-0.15, -0.1) is 11.6 Å². The summed E-state index contributed by atoms with van der Waals surface area (Å²) in [7, 11) is 0. The van der Waals surface area contributed by atoms with Crippen LogP contribution in [-0.2, 0) is 6.42 Å². The maximum absolute atomic E-state index is 6.11. The van der Waals surface area contributed by atoms with Crippen molar-refractivity contribution < 1.29 is 0 Å². The van der Waals surface area contributed by atoms with Crippen LogP contribution in [0.2, 0.25) is 5.15 Å². The molecule has 2 rings (SSSR count). The number of aryl methyl sites for hydroxylation is 1. The van der Waals surface area contributed by atoms with E-state index in [2.05, 4.69) is 37.0 Å². The number of aromatic nitrogens is 1. The van der Waals surface area contributed by atoms with E-state index in [4.69, 9.17) is 23.2 Å². The number of alkyl halides is 1. The fraction of sp³-hybridized carbons (Fsp3) is 0.357. The highest BCUT2D eigenvalue weighted by atomic mass is 35.5. The molecule has 0 aliphatic rings. The van der Waals surface area contributed by atoms with Crippen molar-refractivity contribution in [1.29, 1.82) is 0 Å². The number of benzene rings is 1. The Hall–Kier alpha value is -0.790. The first-order valence-corrected chi connectivity index (χ1v) is 6.68. The average molecular weight is 268 g/mol. The summed E-state index contributed by atoms with van der Waals surface area (Å²) in [4.78, 5) is 4.40. The second kappa shape index (κ2) is 5.24. The summed E-state index contributed by atoms with van der Waals surface area (Å²) in [5.74, 6) is 1.09. The predicted octanol–water partition coefficient (Wildman–Crippen LogP) is 4.79. The molecule has 0 saturated carbocycles. The van der Waals surface area contributed by atoms with Crippen LogP contribution in [-0.4, -0.2) is 10.9 Å². The fourth-order valence-corrected chi connectivity index (χ4v) is 2.30. The van der Waals surface area contributed by atoms with Gasteiger partial charge in [0.05, 0.1) is 5.52 Å². The quantitative estimate of drug-likeness (QED) is 0.576. The number of halogens is 2. The molecule has 1 nitrogen and oxygen atoms in total. The Bertz CT molecular complexity index is 535. The molecule has 0 radical (unpaired) electrons. The molecule has 3 heteroatoms. The summed E-state index contributed by atoms with van der Waals surface area (Å²) in [5, 5.41) is 1.70. The van der Waals surface area contributed by atoms with Gasteiger partial charge in [0.2, 0.25) is 0 Å². The van der Waals surface area contributed by atoms with Gasteiger partial charge in [-0.25, -0.2) is 4.98 Å². The van der Waals surface area contributed by atoms with Gasteiger partial charge in [0.1, 0.15) is 5.15 Å². The van der Waals surface area contributed by atoms with Crippen LogP contribution in [0.1, 0.15) is 30.9 Å². The van der Waals surface area contributed by atoms with Crippen molar-refractivity contribution in [2.45, 2.75) is 26.2 Å². The van der Waals surface area contributed by atoms with Crippen LogP contribution in [0.3, 0.4) is 0 Å². The van der Waals surface area contributed by atoms with E-state index in [9.17, 15) is 0 Å². The molecule has 0 fully saturated rings. The summed E-state index contributed by atoms with van der Waals surface area (Å²) in [6.45, 7) is 4.37. The zero-order chi connectivity index (χ0) is 12.4.